The first-order valence-electron chi connectivity index (χ1n) is 7.65. The van der Waals surface area contributed by atoms with Crippen LogP contribution >= 0.6 is 0 Å². The van der Waals surface area contributed by atoms with Crippen LogP contribution in [0.25, 0.3) is 0 Å². The number of aliphatic carboxylic acids is 1. The normalized spacial score (nSPS) is 26.9. The highest BCUT2D eigenvalue weighted by Gasteiger charge is 2.48. The number of allylic oxidation sites excluding steroid dienone is 2. The lowest BCUT2D eigenvalue weighted by atomic mass is 9.82. The minimum absolute atomic E-state index is 0.138. The number of hydrogen-bond donors (Lipinski definition) is 2. The maximum absolute atomic E-state index is 12.4. The van der Waals surface area contributed by atoms with E-state index >= 15 is 0 Å². The molecule has 2 N–H and O–H groups in total. The van der Waals surface area contributed by atoms with Gasteiger partial charge in [0.1, 0.15) is 5.75 Å². The summed E-state index contributed by atoms with van der Waals surface area (Å²) in [6.07, 6.45) is 4.30. The van der Waals surface area contributed by atoms with Crippen LogP contribution in [0.5, 0.6) is 5.75 Å². The van der Waals surface area contributed by atoms with Gasteiger partial charge in [0.2, 0.25) is 5.91 Å². The number of para-hydroxylation sites is 1. The largest absolute Gasteiger partial charge is 0.550 e. The van der Waals surface area contributed by atoms with Crippen molar-refractivity contribution in [3.05, 3.63) is 42.0 Å². The van der Waals surface area contributed by atoms with Crippen LogP contribution < -0.4 is 20.7 Å². The second-order valence-corrected chi connectivity index (χ2v) is 5.96. The maximum atomic E-state index is 12.4. The molecule has 0 saturated heterocycles. The molecule has 0 spiro atoms. The van der Waals surface area contributed by atoms with E-state index in [1.807, 2.05) is 12.2 Å². The Bertz CT molecular complexity index is 715. The molecular weight excluding hydrogens is 312 g/mol. The zero-order valence-electron chi connectivity index (χ0n) is 13.0. The van der Waals surface area contributed by atoms with Gasteiger partial charge in [-0.15, -0.1) is 0 Å². The van der Waals surface area contributed by atoms with Crippen molar-refractivity contribution in [2.45, 2.75) is 6.42 Å². The van der Waals surface area contributed by atoms with Crippen molar-refractivity contribution < 1.29 is 24.2 Å². The van der Waals surface area contributed by atoms with Crippen molar-refractivity contribution >= 4 is 17.8 Å². The first-order valence-corrected chi connectivity index (χ1v) is 7.65. The molecule has 2 amide bonds. The van der Waals surface area contributed by atoms with E-state index in [2.05, 4.69) is 10.9 Å². The van der Waals surface area contributed by atoms with Crippen LogP contribution in [0.1, 0.15) is 16.8 Å². The average Bonchev–Trinajstić information content (AvgIpc) is 3.20. The molecule has 1 fully saturated rings. The molecule has 0 unspecified atom stereocenters. The van der Waals surface area contributed by atoms with Crippen LogP contribution in [0, 0.1) is 23.7 Å². The standard InChI is InChI=1S/C17H18N2O5/c1-24-12-5-3-2-4-11(12)15(20)18-19-16(21)13-9-6-7-10(8-9)14(13)17(22)23/h2-7,9-10,13-14H,8H2,1H3,(H,18,20)(H,19,21)(H,22,23)/p-1/t9-,10+,13-,14+/m1/s1. The van der Waals surface area contributed by atoms with E-state index in [4.69, 9.17) is 4.74 Å². The van der Waals surface area contributed by atoms with Crippen LogP contribution in [0.3, 0.4) is 0 Å². The first-order chi connectivity index (χ1) is 11.5. The fourth-order valence-electron chi connectivity index (χ4n) is 3.60. The third-order valence-corrected chi connectivity index (χ3v) is 4.69. The number of carboxylic acids is 1. The van der Waals surface area contributed by atoms with E-state index < -0.39 is 29.6 Å². The Morgan fingerprint density at radius 3 is 2.42 bits per heavy atom. The summed E-state index contributed by atoms with van der Waals surface area (Å²) in [6, 6.07) is 6.58. The van der Waals surface area contributed by atoms with E-state index in [0.29, 0.717) is 12.2 Å². The molecule has 1 saturated carbocycles. The summed E-state index contributed by atoms with van der Waals surface area (Å²) < 4.78 is 5.09. The smallest absolute Gasteiger partial charge is 0.273 e. The summed E-state index contributed by atoms with van der Waals surface area (Å²) in [5.41, 5.74) is 4.91. The zero-order valence-corrected chi connectivity index (χ0v) is 13.0. The topological polar surface area (TPSA) is 108 Å². The summed E-state index contributed by atoms with van der Waals surface area (Å²) >= 11 is 0. The molecule has 2 aliphatic carbocycles. The first kappa shape index (κ1) is 16.0. The van der Waals surface area contributed by atoms with Crippen LogP contribution in [-0.4, -0.2) is 24.9 Å². The van der Waals surface area contributed by atoms with Crippen molar-refractivity contribution in [3.63, 3.8) is 0 Å². The van der Waals surface area contributed by atoms with Crippen LogP contribution in [0.4, 0.5) is 0 Å². The number of hydrogen-bond acceptors (Lipinski definition) is 5. The Hall–Kier alpha value is -2.83. The van der Waals surface area contributed by atoms with Crippen LogP contribution in [-0.2, 0) is 9.59 Å². The highest BCUT2D eigenvalue weighted by atomic mass is 16.5. The van der Waals surface area contributed by atoms with Gasteiger partial charge >= 0.3 is 0 Å². The highest BCUT2D eigenvalue weighted by Crippen LogP contribution is 2.47. The Kier molecular flexibility index (Phi) is 4.24. The Labute approximate surface area is 138 Å². The van der Waals surface area contributed by atoms with Crippen molar-refractivity contribution in [1.82, 2.24) is 10.9 Å². The number of carbonyl (C=O) groups is 3. The lowest BCUT2D eigenvalue weighted by Crippen LogP contribution is -2.50. The van der Waals surface area contributed by atoms with E-state index in [0.717, 1.165) is 0 Å². The maximum Gasteiger partial charge on any atom is 0.273 e. The molecule has 7 heteroatoms. The van der Waals surface area contributed by atoms with E-state index in [1.165, 1.54) is 7.11 Å². The van der Waals surface area contributed by atoms with Gasteiger partial charge in [0.25, 0.3) is 5.91 Å². The van der Waals surface area contributed by atoms with Gasteiger partial charge in [0, 0.05) is 11.9 Å². The summed E-state index contributed by atoms with van der Waals surface area (Å²) in [7, 11) is 1.44. The minimum Gasteiger partial charge on any atom is -0.550 e. The second-order valence-electron chi connectivity index (χ2n) is 5.96. The van der Waals surface area contributed by atoms with Gasteiger partial charge in [-0.1, -0.05) is 24.3 Å². The number of fused-ring (bicyclic) bond motifs is 2. The fourth-order valence-corrected chi connectivity index (χ4v) is 3.60. The quantitative estimate of drug-likeness (QED) is 0.580. The monoisotopic (exact) mass is 329 g/mol. The van der Waals surface area contributed by atoms with Gasteiger partial charge in [-0.05, 0) is 30.4 Å². The number of methoxy groups -OCH3 is 1. The molecule has 2 bridgehead atoms. The molecule has 1 aromatic carbocycles. The molecule has 4 atom stereocenters. The molecule has 0 heterocycles. The SMILES string of the molecule is COc1ccccc1C(=O)NNC(=O)[C@H]1[C@@H](C(=O)[O-])[C@H]2C=C[C@@H]1C2. The van der Waals surface area contributed by atoms with Crippen molar-refractivity contribution in [1.29, 1.82) is 0 Å². The third kappa shape index (κ3) is 2.73. The van der Waals surface area contributed by atoms with Gasteiger partial charge in [-0.3, -0.25) is 20.4 Å². The summed E-state index contributed by atoms with van der Waals surface area (Å²) in [6.45, 7) is 0. The molecule has 0 radical (unpaired) electrons. The summed E-state index contributed by atoms with van der Waals surface area (Å²) in [5.74, 6) is -3.83. The van der Waals surface area contributed by atoms with Gasteiger partial charge in [-0.2, -0.15) is 0 Å². The Morgan fingerprint density at radius 1 is 1.08 bits per heavy atom. The minimum atomic E-state index is -1.23. The number of benzene rings is 1. The number of carboxylic acid groups (broad SMARTS) is 1. The van der Waals surface area contributed by atoms with Gasteiger partial charge < -0.3 is 14.6 Å². The van der Waals surface area contributed by atoms with Crippen molar-refractivity contribution in [2.75, 3.05) is 7.11 Å². The third-order valence-electron chi connectivity index (χ3n) is 4.69. The molecule has 24 heavy (non-hydrogen) atoms. The molecule has 0 aliphatic heterocycles. The number of rotatable bonds is 4. The molecule has 126 valence electrons. The number of nitrogens with one attached hydrogen (secondary N) is 2. The summed E-state index contributed by atoms with van der Waals surface area (Å²) in [4.78, 5) is 35.8. The number of amides is 2. The number of ether oxygens (including phenoxy) is 1. The van der Waals surface area contributed by atoms with E-state index in [9.17, 15) is 19.5 Å². The van der Waals surface area contributed by atoms with Gasteiger partial charge in [0.15, 0.2) is 0 Å². The lowest BCUT2D eigenvalue weighted by Gasteiger charge is -2.27. The zero-order chi connectivity index (χ0) is 17.3. The summed E-state index contributed by atoms with van der Waals surface area (Å²) in [5, 5.41) is 11.3. The van der Waals surface area contributed by atoms with Crippen molar-refractivity contribution in [2.24, 2.45) is 23.7 Å². The predicted molar refractivity (Wildman–Crippen MR) is 81.3 cm³/mol. The molecule has 3 rings (SSSR count). The average molecular weight is 329 g/mol. The molecule has 2 aliphatic rings. The van der Waals surface area contributed by atoms with Crippen molar-refractivity contribution in [3.8, 4) is 5.75 Å². The van der Waals surface area contributed by atoms with Crippen LogP contribution in [0.2, 0.25) is 0 Å². The van der Waals surface area contributed by atoms with Crippen LogP contribution in [0.15, 0.2) is 36.4 Å². The molecule has 0 aromatic heterocycles. The Morgan fingerprint density at radius 2 is 1.75 bits per heavy atom. The lowest BCUT2D eigenvalue weighted by molar-refractivity contribution is -0.313. The Balaban J connectivity index is 1.66. The predicted octanol–water partition coefficient (Wildman–Crippen LogP) is -0.356. The van der Waals surface area contributed by atoms with Gasteiger partial charge in [-0.25, -0.2) is 0 Å². The number of carbonyl (C=O) groups excluding carboxylic acids is 3. The van der Waals surface area contributed by atoms with Gasteiger partial charge in [0.05, 0.1) is 18.6 Å². The number of hydrazine groups is 1. The van der Waals surface area contributed by atoms with E-state index in [1.54, 1.807) is 24.3 Å². The molecular formula is C17H17N2O5-. The molecule has 7 nitrogen and oxygen atoms in total. The fraction of sp³-hybridized carbons (Fsp3) is 0.353. The highest BCUT2D eigenvalue weighted by molar-refractivity contribution is 5.98. The van der Waals surface area contributed by atoms with E-state index in [-0.39, 0.29) is 17.4 Å². The molecule has 1 aromatic rings. The second kappa shape index (κ2) is 6.35.